The number of ether oxygens (including phenoxy) is 2. The number of nitrogens with one attached hydrogen (secondary N) is 1. The Labute approximate surface area is 119 Å². The van der Waals surface area contributed by atoms with Gasteiger partial charge >= 0.3 is 0 Å². The molecule has 3 rings (SSSR count). The van der Waals surface area contributed by atoms with Crippen LogP contribution in [0.3, 0.4) is 0 Å². The van der Waals surface area contributed by atoms with Gasteiger partial charge in [-0.25, -0.2) is 0 Å². The first-order valence-corrected chi connectivity index (χ1v) is 7.40. The fourth-order valence-corrected chi connectivity index (χ4v) is 2.98. The molecule has 0 spiro atoms. The molecule has 2 aliphatic rings. The lowest BCUT2D eigenvalue weighted by Crippen LogP contribution is -2.37. The lowest BCUT2D eigenvalue weighted by molar-refractivity contribution is -0.130. The van der Waals surface area contributed by atoms with Crippen LogP contribution in [0.4, 0.5) is 0 Å². The maximum absolute atomic E-state index is 12.0. The van der Waals surface area contributed by atoms with Crippen molar-refractivity contribution in [2.24, 2.45) is 5.92 Å². The molecule has 4 heteroatoms. The summed E-state index contributed by atoms with van der Waals surface area (Å²) in [7, 11) is 0. The predicted molar refractivity (Wildman–Crippen MR) is 75.2 cm³/mol. The highest BCUT2D eigenvalue weighted by Gasteiger charge is 2.31. The summed E-state index contributed by atoms with van der Waals surface area (Å²) in [6.07, 6.45) is 2.67. The summed E-state index contributed by atoms with van der Waals surface area (Å²) in [6.45, 7) is 2.13. The van der Waals surface area contributed by atoms with E-state index in [-0.39, 0.29) is 18.1 Å². The van der Waals surface area contributed by atoms with E-state index in [1.807, 2.05) is 18.2 Å². The van der Waals surface area contributed by atoms with Crippen LogP contribution in [-0.4, -0.2) is 31.8 Å². The average Bonchev–Trinajstić information content (AvgIpc) is 3.17. The first-order valence-electron chi connectivity index (χ1n) is 7.40. The van der Waals surface area contributed by atoms with Crippen molar-refractivity contribution in [3.8, 4) is 0 Å². The Hall–Kier alpha value is -1.39. The van der Waals surface area contributed by atoms with Gasteiger partial charge in [0, 0.05) is 25.7 Å². The fraction of sp³-hybridized carbons (Fsp3) is 0.562. The van der Waals surface area contributed by atoms with Crippen molar-refractivity contribution in [2.75, 3.05) is 19.8 Å². The number of benzene rings is 1. The Morgan fingerprint density at radius 2 is 2.00 bits per heavy atom. The smallest absolute Gasteiger partial charge is 0.249 e. The zero-order chi connectivity index (χ0) is 13.8. The number of rotatable bonds is 4. The van der Waals surface area contributed by atoms with Crippen molar-refractivity contribution in [3.63, 3.8) is 0 Å². The van der Waals surface area contributed by atoms with Gasteiger partial charge in [0.05, 0.1) is 6.10 Å². The van der Waals surface area contributed by atoms with Gasteiger partial charge < -0.3 is 14.8 Å². The molecule has 2 aliphatic heterocycles. The molecule has 1 aromatic rings. The molecular weight excluding hydrogens is 254 g/mol. The van der Waals surface area contributed by atoms with Crippen LogP contribution in [0.5, 0.6) is 0 Å². The molecule has 0 unspecified atom stereocenters. The molecule has 4 nitrogen and oxygen atoms in total. The molecular formula is C16H21NO3. The van der Waals surface area contributed by atoms with E-state index in [1.165, 1.54) is 5.56 Å². The molecule has 108 valence electrons. The second kappa shape index (κ2) is 6.37. The van der Waals surface area contributed by atoms with Gasteiger partial charge in [-0.05, 0) is 24.8 Å². The van der Waals surface area contributed by atoms with E-state index in [2.05, 4.69) is 17.4 Å². The lowest BCUT2D eigenvalue weighted by atomic mass is 9.95. The highest BCUT2D eigenvalue weighted by atomic mass is 16.5. The van der Waals surface area contributed by atoms with Crippen LogP contribution in [-0.2, 0) is 14.3 Å². The molecule has 0 aromatic heterocycles. The van der Waals surface area contributed by atoms with Crippen LogP contribution in [0.2, 0.25) is 0 Å². The summed E-state index contributed by atoms with van der Waals surface area (Å²) >= 11 is 0. The Kier molecular flexibility index (Phi) is 4.33. The maximum Gasteiger partial charge on any atom is 0.249 e. The van der Waals surface area contributed by atoms with Gasteiger partial charge in [-0.15, -0.1) is 0 Å². The van der Waals surface area contributed by atoms with Crippen LogP contribution < -0.4 is 5.32 Å². The zero-order valence-corrected chi connectivity index (χ0v) is 11.6. The van der Waals surface area contributed by atoms with E-state index < -0.39 is 0 Å². The molecule has 0 bridgehead atoms. The van der Waals surface area contributed by atoms with Crippen molar-refractivity contribution in [2.45, 2.75) is 31.5 Å². The van der Waals surface area contributed by atoms with Crippen LogP contribution >= 0.6 is 0 Å². The Bertz CT molecular complexity index is 442. The van der Waals surface area contributed by atoms with Gasteiger partial charge in [-0.1, -0.05) is 30.3 Å². The average molecular weight is 275 g/mol. The van der Waals surface area contributed by atoms with Crippen molar-refractivity contribution in [1.82, 2.24) is 5.32 Å². The van der Waals surface area contributed by atoms with E-state index >= 15 is 0 Å². The number of carbonyl (C=O) groups excluding carboxylic acids is 1. The molecule has 2 fully saturated rings. The third-order valence-corrected chi connectivity index (χ3v) is 4.10. The van der Waals surface area contributed by atoms with Gasteiger partial charge in [0.25, 0.3) is 0 Å². The van der Waals surface area contributed by atoms with Crippen LogP contribution in [0.1, 0.15) is 30.9 Å². The standard InChI is InChI=1S/C16H21NO3/c18-16(14-7-4-9-19-14)17-11-13-8-10-20-15(13)12-5-2-1-3-6-12/h1-3,5-6,13-15H,4,7-11H2,(H,17,18)/t13-,14-,15-/m1/s1. The van der Waals surface area contributed by atoms with Crippen LogP contribution in [0.25, 0.3) is 0 Å². The summed E-state index contributed by atoms with van der Waals surface area (Å²) in [5, 5.41) is 3.02. The van der Waals surface area contributed by atoms with Crippen LogP contribution in [0.15, 0.2) is 30.3 Å². The molecule has 2 heterocycles. The topological polar surface area (TPSA) is 47.6 Å². The highest BCUT2D eigenvalue weighted by Crippen LogP contribution is 2.33. The Balaban J connectivity index is 1.55. The van der Waals surface area contributed by atoms with Gasteiger partial charge in [-0.2, -0.15) is 0 Å². The van der Waals surface area contributed by atoms with Crippen molar-refractivity contribution in [1.29, 1.82) is 0 Å². The largest absolute Gasteiger partial charge is 0.373 e. The number of hydrogen-bond acceptors (Lipinski definition) is 3. The SMILES string of the molecule is O=C(NC[C@H]1CCO[C@@H]1c1ccccc1)[C@H]1CCCO1. The first-order chi connectivity index (χ1) is 9.84. The van der Waals surface area contributed by atoms with E-state index in [0.717, 1.165) is 25.9 Å². The highest BCUT2D eigenvalue weighted by molar-refractivity contribution is 5.80. The Morgan fingerprint density at radius 1 is 1.15 bits per heavy atom. The molecule has 0 saturated carbocycles. The quantitative estimate of drug-likeness (QED) is 0.915. The molecule has 0 radical (unpaired) electrons. The monoisotopic (exact) mass is 275 g/mol. The molecule has 20 heavy (non-hydrogen) atoms. The molecule has 3 atom stereocenters. The van der Waals surface area contributed by atoms with E-state index in [4.69, 9.17) is 9.47 Å². The molecule has 1 aromatic carbocycles. The fourth-order valence-electron chi connectivity index (χ4n) is 2.98. The molecule has 1 amide bonds. The van der Waals surface area contributed by atoms with E-state index in [1.54, 1.807) is 0 Å². The minimum Gasteiger partial charge on any atom is -0.373 e. The second-order valence-corrected chi connectivity index (χ2v) is 5.50. The number of amides is 1. The first kappa shape index (κ1) is 13.6. The van der Waals surface area contributed by atoms with Crippen molar-refractivity contribution in [3.05, 3.63) is 35.9 Å². The van der Waals surface area contributed by atoms with Gasteiger partial charge in [0.1, 0.15) is 6.10 Å². The zero-order valence-electron chi connectivity index (χ0n) is 11.6. The molecule has 0 aliphatic carbocycles. The second-order valence-electron chi connectivity index (χ2n) is 5.50. The third kappa shape index (κ3) is 3.02. The number of carbonyl (C=O) groups is 1. The maximum atomic E-state index is 12.0. The summed E-state index contributed by atoms with van der Waals surface area (Å²) in [4.78, 5) is 12.0. The van der Waals surface area contributed by atoms with Gasteiger partial charge in [0.2, 0.25) is 5.91 Å². The summed E-state index contributed by atoms with van der Waals surface area (Å²) in [5.41, 5.74) is 1.20. The van der Waals surface area contributed by atoms with Crippen molar-refractivity contribution < 1.29 is 14.3 Å². The summed E-state index contributed by atoms with van der Waals surface area (Å²) in [5.74, 6) is 0.379. The number of hydrogen-bond donors (Lipinski definition) is 1. The normalized spacial score (nSPS) is 29.5. The van der Waals surface area contributed by atoms with Crippen molar-refractivity contribution >= 4 is 5.91 Å². The molecule has 2 saturated heterocycles. The minimum atomic E-state index is -0.243. The van der Waals surface area contributed by atoms with E-state index in [9.17, 15) is 4.79 Å². The lowest BCUT2D eigenvalue weighted by Gasteiger charge is -2.20. The summed E-state index contributed by atoms with van der Waals surface area (Å²) in [6, 6.07) is 10.2. The predicted octanol–water partition coefficient (Wildman–Crippen LogP) is 2.06. The third-order valence-electron chi connectivity index (χ3n) is 4.10. The molecule has 1 N–H and O–H groups in total. The minimum absolute atomic E-state index is 0.0289. The Morgan fingerprint density at radius 3 is 2.75 bits per heavy atom. The summed E-state index contributed by atoms with van der Waals surface area (Å²) < 4.78 is 11.2. The van der Waals surface area contributed by atoms with Gasteiger partial charge in [0.15, 0.2) is 0 Å². The van der Waals surface area contributed by atoms with Gasteiger partial charge in [-0.3, -0.25) is 4.79 Å². The van der Waals surface area contributed by atoms with E-state index in [0.29, 0.717) is 19.1 Å². The van der Waals surface area contributed by atoms with Crippen LogP contribution in [0, 0.1) is 5.92 Å².